The largest absolute Gasteiger partial charge is 0.398 e. The van der Waals surface area contributed by atoms with Gasteiger partial charge in [-0.1, -0.05) is 11.6 Å². The van der Waals surface area contributed by atoms with E-state index in [4.69, 9.17) is 22.1 Å². The molecule has 19 heavy (non-hydrogen) atoms. The van der Waals surface area contributed by atoms with Gasteiger partial charge in [0.25, 0.3) is 0 Å². The summed E-state index contributed by atoms with van der Waals surface area (Å²) in [7, 11) is 0. The molecule has 2 N–H and O–H groups in total. The Labute approximate surface area is 124 Å². The van der Waals surface area contributed by atoms with Crippen molar-refractivity contribution in [3.8, 4) is 0 Å². The van der Waals surface area contributed by atoms with Gasteiger partial charge in [0.05, 0.1) is 12.7 Å². The van der Waals surface area contributed by atoms with Crippen molar-refractivity contribution >= 4 is 29.1 Å². The van der Waals surface area contributed by atoms with Crippen LogP contribution in [-0.4, -0.2) is 42.5 Å². The molecule has 1 fully saturated rings. The van der Waals surface area contributed by atoms with Crippen molar-refractivity contribution in [3.63, 3.8) is 0 Å². The van der Waals surface area contributed by atoms with Gasteiger partial charge in [-0.25, -0.2) is 0 Å². The van der Waals surface area contributed by atoms with Crippen LogP contribution in [-0.2, 0) is 4.74 Å². The number of nitrogen functional groups attached to an aromatic ring is 1. The number of hydrogen-bond donors (Lipinski definition) is 1. The maximum absolute atomic E-state index is 5.99. The molecule has 0 aromatic heterocycles. The minimum atomic E-state index is 0.263. The smallest absolute Gasteiger partial charge is 0.0796 e. The van der Waals surface area contributed by atoms with Gasteiger partial charge in [-0.3, -0.25) is 4.90 Å². The third-order valence-electron chi connectivity index (χ3n) is 3.30. The molecule has 3 nitrogen and oxygen atoms in total. The third-order valence-corrected chi connectivity index (χ3v) is 4.74. The van der Waals surface area contributed by atoms with E-state index < -0.39 is 0 Å². The van der Waals surface area contributed by atoms with E-state index in [0.717, 1.165) is 41.1 Å². The van der Waals surface area contributed by atoms with E-state index in [2.05, 4.69) is 18.7 Å². The van der Waals surface area contributed by atoms with E-state index in [1.165, 1.54) is 0 Å². The first-order chi connectivity index (χ1) is 9.06. The first-order valence-corrected chi connectivity index (χ1v) is 7.96. The van der Waals surface area contributed by atoms with Crippen LogP contribution >= 0.6 is 23.4 Å². The summed E-state index contributed by atoms with van der Waals surface area (Å²) < 4.78 is 5.81. The number of anilines is 1. The molecule has 2 rings (SSSR count). The maximum Gasteiger partial charge on any atom is 0.0796 e. The quantitative estimate of drug-likeness (QED) is 0.685. The fourth-order valence-corrected chi connectivity index (χ4v) is 3.38. The molecule has 5 heteroatoms. The molecule has 106 valence electrons. The zero-order valence-electron chi connectivity index (χ0n) is 11.4. The molecular formula is C14H21ClN2OS. The molecule has 0 bridgehead atoms. The van der Waals surface area contributed by atoms with Crippen molar-refractivity contribution in [2.45, 2.75) is 30.9 Å². The second-order valence-electron chi connectivity index (χ2n) is 5.07. The van der Waals surface area contributed by atoms with Crippen molar-refractivity contribution in [1.82, 2.24) is 4.90 Å². The van der Waals surface area contributed by atoms with Crippen LogP contribution in [0, 0.1) is 0 Å². The van der Waals surface area contributed by atoms with Crippen LogP contribution in [0.1, 0.15) is 13.8 Å². The predicted molar refractivity (Wildman–Crippen MR) is 83.0 cm³/mol. The molecule has 1 saturated heterocycles. The fourth-order valence-electron chi connectivity index (χ4n) is 2.13. The zero-order valence-corrected chi connectivity index (χ0v) is 13.0. The highest BCUT2D eigenvalue weighted by molar-refractivity contribution is 7.99. The Kier molecular flexibility index (Phi) is 5.39. The molecule has 1 unspecified atom stereocenters. The number of benzene rings is 1. The molecule has 1 aliphatic rings. The second-order valence-corrected chi connectivity index (χ2v) is 6.57. The maximum atomic E-state index is 5.99. The van der Waals surface area contributed by atoms with Crippen molar-refractivity contribution in [3.05, 3.63) is 23.2 Å². The van der Waals surface area contributed by atoms with Gasteiger partial charge >= 0.3 is 0 Å². The van der Waals surface area contributed by atoms with Crippen LogP contribution in [0.5, 0.6) is 0 Å². The topological polar surface area (TPSA) is 38.5 Å². The van der Waals surface area contributed by atoms with E-state index in [-0.39, 0.29) is 6.10 Å². The second kappa shape index (κ2) is 6.84. The summed E-state index contributed by atoms with van der Waals surface area (Å²) >= 11 is 7.72. The van der Waals surface area contributed by atoms with Crippen LogP contribution < -0.4 is 5.73 Å². The Morgan fingerprint density at radius 2 is 2.32 bits per heavy atom. The number of nitrogens with two attached hydrogens (primary N) is 1. The lowest BCUT2D eigenvalue weighted by molar-refractivity contribution is -0.0265. The number of morpholine rings is 1. The van der Waals surface area contributed by atoms with Gasteiger partial charge in [0.15, 0.2) is 0 Å². The molecular weight excluding hydrogens is 280 g/mol. The van der Waals surface area contributed by atoms with Gasteiger partial charge in [-0.15, -0.1) is 11.8 Å². The molecule has 0 spiro atoms. The lowest BCUT2D eigenvalue weighted by Gasteiger charge is -2.35. The van der Waals surface area contributed by atoms with Crippen molar-refractivity contribution in [1.29, 1.82) is 0 Å². The van der Waals surface area contributed by atoms with E-state index >= 15 is 0 Å². The van der Waals surface area contributed by atoms with E-state index in [9.17, 15) is 0 Å². The van der Waals surface area contributed by atoms with Crippen LogP contribution in [0.15, 0.2) is 23.1 Å². The SMILES string of the molecule is CC(C)N1CCOC(CSc2cc(Cl)ccc2N)C1. The van der Waals surface area contributed by atoms with Crippen LogP contribution in [0.4, 0.5) is 5.69 Å². The lowest BCUT2D eigenvalue weighted by atomic mass is 10.2. The lowest BCUT2D eigenvalue weighted by Crippen LogP contribution is -2.46. The average molecular weight is 301 g/mol. The number of nitrogens with zero attached hydrogens (tertiary/aromatic N) is 1. The van der Waals surface area contributed by atoms with Crippen LogP contribution in [0.25, 0.3) is 0 Å². The van der Waals surface area contributed by atoms with Gasteiger partial charge in [0.2, 0.25) is 0 Å². The number of halogens is 1. The monoisotopic (exact) mass is 300 g/mol. The number of thioether (sulfide) groups is 1. The van der Waals surface area contributed by atoms with Gasteiger partial charge in [-0.2, -0.15) is 0 Å². The van der Waals surface area contributed by atoms with E-state index in [1.54, 1.807) is 11.8 Å². The fraction of sp³-hybridized carbons (Fsp3) is 0.571. The molecule has 0 saturated carbocycles. The summed E-state index contributed by atoms with van der Waals surface area (Å²) in [4.78, 5) is 3.49. The first kappa shape index (κ1) is 15.0. The van der Waals surface area contributed by atoms with Crippen molar-refractivity contribution in [2.75, 3.05) is 31.2 Å². The van der Waals surface area contributed by atoms with Gasteiger partial charge in [0.1, 0.15) is 0 Å². The number of ether oxygens (including phenoxy) is 1. The Balaban J connectivity index is 1.89. The summed E-state index contributed by atoms with van der Waals surface area (Å²) in [6, 6.07) is 6.17. The summed E-state index contributed by atoms with van der Waals surface area (Å²) in [5.74, 6) is 0.910. The Morgan fingerprint density at radius 1 is 1.53 bits per heavy atom. The summed E-state index contributed by atoms with van der Waals surface area (Å²) in [6.07, 6.45) is 0.263. The molecule has 1 aromatic carbocycles. The highest BCUT2D eigenvalue weighted by atomic mass is 35.5. The normalized spacial score (nSPS) is 20.9. The average Bonchev–Trinajstić information content (AvgIpc) is 2.40. The van der Waals surface area contributed by atoms with Crippen LogP contribution in [0.2, 0.25) is 5.02 Å². The highest BCUT2D eigenvalue weighted by Gasteiger charge is 2.22. The Bertz CT molecular complexity index is 428. The highest BCUT2D eigenvalue weighted by Crippen LogP contribution is 2.29. The Hall–Kier alpha value is -0.420. The van der Waals surface area contributed by atoms with Crippen molar-refractivity contribution in [2.24, 2.45) is 0 Å². The molecule has 0 aliphatic carbocycles. The minimum absolute atomic E-state index is 0.263. The summed E-state index contributed by atoms with van der Waals surface area (Å²) in [5, 5.41) is 0.727. The van der Waals surface area contributed by atoms with Gasteiger partial charge in [0, 0.05) is 40.5 Å². The van der Waals surface area contributed by atoms with Crippen LogP contribution in [0.3, 0.4) is 0 Å². The third kappa shape index (κ3) is 4.28. The molecule has 1 heterocycles. The molecule has 0 radical (unpaired) electrons. The zero-order chi connectivity index (χ0) is 13.8. The summed E-state index contributed by atoms with van der Waals surface area (Å²) in [5.41, 5.74) is 6.73. The number of rotatable bonds is 4. The van der Waals surface area contributed by atoms with E-state index in [1.807, 2.05) is 18.2 Å². The predicted octanol–water partition coefficient (Wildman–Crippen LogP) is 3.12. The molecule has 1 aromatic rings. The first-order valence-electron chi connectivity index (χ1n) is 6.59. The molecule has 0 amide bonds. The van der Waals surface area contributed by atoms with Gasteiger partial charge in [-0.05, 0) is 32.0 Å². The van der Waals surface area contributed by atoms with Gasteiger partial charge < -0.3 is 10.5 Å². The molecule has 1 aliphatic heterocycles. The number of hydrogen-bond acceptors (Lipinski definition) is 4. The standard InChI is InChI=1S/C14H21ClN2OS/c1-10(2)17-5-6-18-12(8-17)9-19-14-7-11(15)3-4-13(14)16/h3-4,7,10,12H,5-6,8-9,16H2,1-2H3. The molecule has 1 atom stereocenters. The summed E-state index contributed by atoms with van der Waals surface area (Å²) in [6.45, 7) is 7.28. The Morgan fingerprint density at radius 3 is 3.05 bits per heavy atom. The van der Waals surface area contributed by atoms with E-state index in [0.29, 0.717) is 6.04 Å². The minimum Gasteiger partial charge on any atom is -0.398 e. The van der Waals surface area contributed by atoms with Crippen molar-refractivity contribution < 1.29 is 4.74 Å².